The van der Waals surface area contributed by atoms with Gasteiger partial charge in [0.1, 0.15) is 0 Å². The van der Waals surface area contributed by atoms with E-state index in [0.717, 1.165) is 18.4 Å². The van der Waals surface area contributed by atoms with E-state index in [-0.39, 0.29) is 12.0 Å². The molecule has 1 aliphatic rings. The Morgan fingerprint density at radius 3 is 2.61 bits per heavy atom. The van der Waals surface area contributed by atoms with Gasteiger partial charge >= 0.3 is 0 Å². The highest BCUT2D eigenvalue weighted by molar-refractivity contribution is 7.98. The van der Waals surface area contributed by atoms with E-state index in [1.165, 1.54) is 4.90 Å². The van der Waals surface area contributed by atoms with E-state index in [1.54, 1.807) is 11.8 Å². The Bertz CT molecular complexity index is 532. The lowest BCUT2D eigenvalue weighted by molar-refractivity contribution is 0.0625. The van der Waals surface area contributed by atoms with Crippen molar-refractivity contribution < 1.29 is 9.63 Å². The van der Waals surface area contributed by atoms with Gasteiger partial charge in [0.05, 0.1) is 6.10 Å². The fourth-order valence-electron chi connectivity index (χ4n) is 2.05. The summed E-state index contributed by atoms with van der Waals surface area (Å²) in [7, 11) is 0. The van der Waals surface area contributed by atoms with Crippen LogP contribution in [0.4, 0.5) is 0 Å². The molecule has 2 aromatic rings. The summed E-state index contributed by atoms with van der Waals surface area (Å²) in [5.74, 6) is 1.50. The molecule has 0 unspecified atom stereocenters. The molecule has 1 heterocycles. The van der Waals surface area contributed by atoms with Gasteiger partial charge in [-0.05, 0) is 43.4 Å². The van der Waals surface area contributed by atoms with Gasteiger partial charge in [-0.2, -0.15) is 4.98 Å². The van der Waals surface area contributed by atoms with Crippen LogP contribution in [0.1, 0.15) is 24.7 Å². The first-order valence-electron chi connectivity index (χ1n) is 5.92. The van der Waals surface area contributed by atoms with Crippen molar-refractivity contribution in [2.45, 2.75) is 29.8 Å². The van der Waals surface area contributed by atoms with E-state index in [1.807, 2.05) is 30.5 Å². The molecule has 1 fully saturated rings. The van der Waals surface area contributed by atoms with Crippen LogP contribution in [-0.4, -0.2) is 27.6 Å². The maximum atomic E-state index is 9.27. The summed E-state index contributed by atoms with van der Waals surface area (Å²) in [6.07, 6.45) is 3.30. The van der Waals surface area contributed by atoms with Crippen LogP contribution < -0.4 is 0 Å². The van der Waals surface area contributed by atoms with Crippen LogP contribution in [0, 0.1) is 0 Å². The van der Waals surface area contributed by atoms with Crippen LogP contribution in [0.15, 0.2) is 33.7 Å². The SMILES string of the molecule is CSc1ccc(-c2noc(C3CC(O)C3)n2)cc1. The van der Waals surface area contributed by atoms with Crippen molar-refractivity contribution in [2.24, 2.45) is 0 Å². The smallest absolute Gasteiger partial charge is 0.230 e. The molecule has 1 aromatic carbocycles. The highest BCUT2D eigenvalue weighted by atomic mass is 32.2. The van der Waals surface area contributed by atoms with Gasteiger partial charge in [0.25, 0.3) is 0 Å². The standard InChI is InChI=1S/C13H14N2O2S/c1-18-11-4-2-8(3-5-11)12-14-13(17-15-12)9-6-10(16)7-9/h2-5,9-10,16H,6-7H2,1H3. The minimum Gasteiger partial charge on any atom is -0.393 e. The first-order valence-corrected chi connectivity index (χ1v) is 7.15. The van der Waals surface area contributed by atoms with Gasteiger partial charge in [-0.15, -0.1) is 11.8 Å². The zero-order chi connectivity index (χ0) is 12.5. The zero-order valence-corrected chi connectivity index (χ0v) is 10.9. The van der Waals surface area contributed by atoms with Crippen LogP contribution in [0.5, 0.6) is 0 Å². The molecule has 0 amide bonds. The highest BCUT2D eigenvalue weighted by Gasteiger charge is 2.33. The number of aliphatic hydroxyl groups excluding tert-OH is 1. The Balaban J connectivity index is 1.79. The van der Waals surface area contributed by atoms with Crippen LogP contribution in [-0.2, 0) is 0 Å². The van der Waals surface area contributed by atoms with E-state index in [0.29, 0.717) is 11.7 Å². The Morgan fingerprint density at radius 2 is 2.00 bits per heavy atom. The maximum absolute atomic E-state index is 9.27. The summed E-state index contributed by atoms with van der Waals surface area (Å²) in [5, 5.41) is 13.3. The molecule has 0 radical (unpaired) electrons. The predicted molar refractivity (Wildman–Crippen MR) is 69.5 cm³/mol. The van der Waals surface area contributed by atoms with Crippen molar-refractivity contribution in [3.63, 3.8) is 0 Å². The molecule has 5 heteroatoms. The van der Waals surface area contributed by atoms with Crippen molar-refractivity contribution >= 4 is 11.8 Å². The molecule has 0 aliphatic heterocycles. The number of rotatable bonds is 3. The lowest BCUT2D eigenvalue weighted by Crippen LogP contribution is -2.26. The van der Waals surface area contributed by atoms with Crippen molar-refractivity contribution in [3.8, 4) is 11.4 Å². The second-order valence-corrected chi connectivity index (χ2v) is 5.39. The van der Waals surface area contributed by atoms with Crippen LogP contribution >= 0.6 is 11.8 Å². The predicted octanol–water partition coefficient (Wildman–Crippen LogP) is 2.70. The number of thioether (sulfide) groups is 1. The number of aromatic nitrogens is 2. The number of hydrogen-bond acceptors (Lipinski definition) is 5. The monoisotopic (exact) mass is 262 g/mol. The average molecular weight is 262 g/mol. The summed E-state index contributed by atoms with van der Waals surface area (Å²) in [6, 6.07) is 8.08. The van der Waals surface area contributed by atoms with E-state index in [2.05, 4.69) is 10.1 Å². The van der Waals surface area contributed by atoms with E-state index < -0.39 is 0 Å². The van der Waals surface area contributed by atoms with E-state index in [9.17, 15) is 5.11 Å². The topological polar surface area (TPSA) is 59.2 Å². The molecule has 1 saturated carbocycles. The number of aliphatic hydroxyl groups is 1. The molecule has 0 atom stereocenters. The molecule has 18 heavy (non-hydrogen) atoms. The molecule has 0 spiro atoms. The summed E-state index contributed by atoms with van der Waals surface area (Å²) < 4.78 is 5.25. The molecular weight excluding hydrogens is 248 g/mol. The molecule has 1 aliphatic carbocycles. The fraction of sp³-hybridized carbons (Fsp3) is 0.385. The zero-order valence-electron chi connectivity index (χ0n) is 10.0. The van der Waals surface area contributed by atoms with Crippen LogP contribution in [0.3, 0.4) is 0 Å². The third-order valence-electron chi connectivity index (χ3n) is 3.25. The van der Waals surface area contributed by atoms with Crippen LogP contribution in [0.2, 0.25) is 0 Å². The largest absolute Gasteiger partial charge is 0.393 e. The molecule has 1 aromatic heterocycles. The summed E-state index contributed by atoms with van der Waals surface area (Å²) in [4.78, 5) is 5.61. The Labute approximate surface area is 109 Å². The Morgan fingerprint density at radius 1 is 1.28 bits per heavy atom. The quantitative estimate of drug-likeness (QED) is 0.862. The molecule has 0 saturated heterocycles. The molecule has 4 nitrogen and oxygen atoms in total. The third kappa shape index (κ3) is 2.15. The Hall–Kier alpha value is -1.33. The van der Waals surface area contributed by atoms with Gasteiger partial charge in [-0.3, -0.25) is 0 Å². The number of benzene rings is 1. The van der Waals surface area contributed by atoms with Crippen molar-refractivity contribution in [3.05, 3.63) is 30.2 Å². The first kappa shape index (κ1) is 11.7. The maximum Gasteiger partial charge on any atom is 0.230 e. The van der Waals surface area contributed by atoms with Gasteiger partial charge in [0.2, 0.25) is 11.7 Å². The van der Waals surface area contributed by atoms with E-state index >= 15 is 0 Å². The second kappa shape index (κ2) is 4.74. The number of hydrogen-bond donors (Lipinski definition) is 1. The summed E-state index contributed by atoms with van der Waals surface area (Å²) in [5.41, 5.74) is 0.961. The van der Waals surface area contributed by atoms with Gasteiger partial charge in [-0.1, -0.05) is 5.16 Å². The lowest BCUT2D eigenvalue weighted by Gasteiger charge is -2.27. The van der Waals surface area contributed by atoms with Crippen LogP contribution in [0.25, 0.3) is 11.4 Å². The minimum atomic E-state index is -0.203. The third-order valence-corrected chi connectivity index (χ3v) is 4.00. The van der Waals surface area contributed by atoms with Crippen molar-refractivity contribution in [1.82, 2.24) is 10.1 Å². The minimum absolute atomic E-state index is 0.203. The molecule has 1 N–H and O–H groups in total. The van der Waals surface area contributed by atoms with Crippen molar-refractivity contribution in [2.75, 3.05) is 6.26 Å². The lowest BCUT2D eigenvalue weighted by atomic mass is 9.82. The first-order chi connectivity index (χ1) is 8.76. The molecule has 3 rings (SSSR count). The van der Waals surface area contributed by atoms with Gasteiger partial charge in [0.15, 0.2) is 0 Å². The van der Waals surface area contributed by atoms with E-state index in [4.69, 9.17) is 4.52 Å². The fourth-order valence-corrected chi connectivity index (χ4v) is 2.46. The normalized spacial score (nSPS) is 22.8. The number of nitrogens with zero attached hydrogens (tertiary/aromatic N) is 2. The van der Waals surface area contributed by atoms with Gasteiger partial charge in [0, 0.05) is 16.4 Å². The van der Waals surface area contributed by atoms with Crippen molar-refractivity contribution in [1.29, 1.82) is 0 Å². The summed E-state index contributed by atoms with van der Waals surface area (Å²) >= 11 is 1.70. The van der Waals surface area contributed by atoms with Gasteiger partial charge < -0.3 is 9.63 Å². The molecular formula is C13H14N2O2S. The van der Waals surface area contributed by atoms with Gasteiger partial charge in [-0.25, -0.2) is 0 Å². The Kier molecular flexibility index (Phi) is 3.09. The molecule has 94 valence electrons. The second-order valence-electron chi connectivity index (χ2n) is 4.51. The average Bonchev–Trinajstić information content (AvgIpc) is 2.84. The molecule has 0 bridgehead atoms. The highest BCUT2D eigenvalue weighted by Crippen LogP contribution is 2.36. The summed E-state index contributed by atoms with van der Waals surface area (Å²) in [6.45, 7) is 0.